The van der Waals surface area contributed by atoms with Gasteiger partial charge in [-0.25, -0.2) is 28.1 Å². The number of anilines is 1. The van der Waals surface area contributed by atoms with Gasteiger partial charge in [0.05, 0.1) is 30.7 Å². The molecule has 1 fully saturated rings. The SMILES string of the molecule is Cc1nc2nc(N3CCO[C@@H](c4cnn(C)c4)C3)nc(-c3ccc(F)c(F)c3F)c2nc1C. The monoisotopic (exact) mass is 455 g/mol. The zero-order valence-electron chi connectivity index (χ0n) is 18.2. The molecule has 0 spiro atoms. The Balaban J connectivity index is 1.64. The van der Waals surface area contributed by atoms with Crippen molar-refractivity contribution in [2.75, 3.05) is 24.6 Å². The summed E-state index contributed by atoms with van der Waals surface area (Å²) in [5.41, 5.74) is 2.45. The first-order chi connectivity index (χ1) is 15.8. The number of benzene rings is 1. The fraction of sp³-hybridized carbons (Fsp3) is 0.318. The van der Waals surface area contributed by atoms with Gasteiger partial charge in [0.2, 0.25) is 5.95 Å². The van der Waals surface area contributed by atoms with Crippen LogP contribution < -0.4 is 4.90 Å². The summed E-state index contributed by atoms with van der Waals surface area (Å²) in [4.78, 5) is 20.0. The lowest BCUT2D eigenvalue weighted by Gasteiger charge is -2.32. The molecule has 1 saturated heterocycles. The third-order valence-corrected chi connectivity index (χ3v) is 5.67. The zero-order chi connectivity index (χ0) is 23.3. The van der Waals surface area contributed by atoms with Crippen LogP contribution in [0.25, 0.3) is 22.4 Å². The second kappa shape index (κ2) is 8.07. The lowest BCUT2D eigenvalue weighted by atomic mass is 10.1. The number of aryl methyl sites for hydroxylation is 3. The van der Waals surface area contributed by atoms with Gasteiger partial charge in [0, 0.05) is 30.9 Å². The number of hydrogen-bond acceptors (Lipinski definition) is 7. The first-order valence-corrected chi connectivity index (χ1v) is 10.3. The van der Waals surface area contributed by atoms with Gasteiger partial charge >= 0.3 is 0 Å². The number of nitrogens with zero attached hydrogens (tertiary/aromatic N) is 7. The Labute approximate surface area is 187 Å². The average molecular weight is 455 g/mol. The van der Waals surface area contributed by atoms with E-state index in [9.17, 15) is 13.2 Å². The zero-order valence-corrected chi connectivity index (χ0v) is 18.2. The van der Waals surface area contributed by atoms with Gasteiger partial charge in [-0.1, -0.05) is 0 Å². The number of aromatic nitrogens is 6. The third-order valence-electron chi connectivity index (χ3n) is 5.67. The Morgan fingerprint density at radius 1 is 1.00 bits per heavy atom. The van der Waals surface area contributed by atoms with Crippen LogP contribution in [0.15, 0.2) is 24.5 Å². The van der Waals surface area contributed by atoms with E-state index in [0.29, 0.717) is 31.1 Å². The first-order valence-electron chi connectivity index (χ1n) is 10.3. The molecule has 33 heavy (non-hydrogen) atoms. The molecule has 0 amide bonds. The van der Waals surface area contributed by atoms with E-state index in [0.717, 1.165) is 17.7 Å². The van der Waals surface area contributed by atoms with Gasteiger partial charge in [0.25, 0.3) is 0 Å². The van der Waals surface area contributed by atoms with E-state index in [1.807, 2.05) is 18.1 Å². The van der Waals surface area contributed by atoms with Crippen molar-refractivity contribution in [3.8, 4) is 11.3 Å². The first kappa shape index (κ1) is 21.3. The van der Waals surface area contributed by atoms with Gasteiger partial charge in [-0.05, 0) is 26.0 Å². The quantitative estimate of drug-likeness (QED) is 0.438. The Morgan fingerprint density at radius 3 is 2.55 bits per heavy atom. The van der Waals surface area contributed by atoms with Crippen LogP contribution in [-0.2, 0) is 11.8 Å². The smallest absolute Gasteiger partial charge is 0.228 e. The van der Waals surface area contributed by atoms with Crippen LogP contribution in [0.1, 0.15) is 23.1 Å². The van der Waals surface area contributed by atoms with Gasteiger partial charge in [-0.15, -0.1) is 0 Å². The van der Waals surface area contributed by atoms with Crippen LogP contribution in [0.5, 0.6) is 0 Å². The second-order valence-corrected chi connectivity index (χ2v) is 7.91. The molecular formula is C22H20F3N7O. The summed E-state index contributed by atoms with van der Waals surface area (Å²) in [6.45, 7) is 4.86. The van der Waals surface area contributed by atoms with Gasteiger partial charge in [0.1, 0.15) is 17.3 Å². The average Bonchev–Trinajstić information content (AvgIpc) is 3.24. The summed E-state index contributed by atoms with van der Waals surface area (Å²) in [7, 11) is 1.82. The topological polar surface area (TPSA) is 81.9 Å². The molecule has 0 radical (unpaired) electrons. The van der Waals surface area contributed by atoms with Crippen LogP contribution in [-0.4, -0.2) is 49.4 Å². The normalized spacial score (nSPS) is 16.5. The molecule has 3 aromatic heterocycles. The molecule has 4 aromatic rings. The van der Waals surface area contributed by atoms with Crippen LogP contribution >= 0.6 is 0 Å². The second-order valence-electron chi connectivity index (χ2n) is 7.91. The van der Waals surface area contributed by atoms with E-state index in [1.165, 1.54) is 0 Å². The summed E-state index contributed by atoms with van der Waals surface area (Å²) >= 11 is 0. The van der Waals surface area contributed by atoms with E-state index in [1.54, 1.807) is 24.7 Å². The summed E-state index contributed by atoms with van der Waals surface area (Å²) in [5, 5.41) is 4.19. The van der Waals surface area contributed by atoms with E-state index < -0.39 is 17.5 Å². The van der Waals surface area contributed by atoms with E-state index >= 15 is 0 Å². The van der Waals surface area contributed by atoms with Crippen molar-refractivity contribution >= 4 is 17.1 Å². The summed E-state index contributed by atoms with van der Waals surface area (Å²) < 4.78 is 50.0. The highest BCUT2D eigenvalue weighted by atomic mass is 19.2. The van der Waals surface area contributed by atoms with Crippen molar-refractivity contribution in [1.29, 1.82) is 0 Å². The van der Waals surface area contributed by atoms with E-state index in [2.05, 4.69) is 25.0 Å². The van der Waals surface area contributed by atoms with Crippen LogP contribution in [0, 0.1) is 31.3 Å². The van der Waals surface area contributed by atoms with Gasteiger partial charge in [-0.2, -0.15) is 10.1 Å². The summed E-state index contributed by atoms with van der Waals surface area (Å²) in [6, 6.07) is 2.01. The fourth-order valence-corrected chi connectivity index (χ4v) is 3.78. The standard InChI is InChI=1S/C22H20F3N7O/c1-11-12(2)28-21-20(27-11)19(14-4-5-15(23)18(25)17(14)24)29-22(30-21)32-6-7-33-16(10-32)13-8-26-31(3)9-13/h4-5,8-9,16H,6-7,10H2,1-3H3/t16-/m1/s1. The maximum Gasteiger partial charge on any atom is 0.228 e. The minimum atomic E-state index is -1.57. The third kappa shape index (κ3) is 3.78. The minimum absolute atomic E-state index is 0.0476. The molecule has 8 nitrogen and oxygen atoms in total. The molecule has 4 heterocycles. The van der Waals surface area contributed by atoms with Crippen LogP contribution in [0.4, 0.5) is 19.1 Å². The van der Waals surface area contributed by atoms with Crippen LogP contribution in [0.3, 0.4) is 0 Å². The predicted octanol–water partition coefficient (Wildman–Crippen LogP) is 3.43. The largest absolute Gasteiger partial charge is 0.370 e. The molecule has 1 aliphatic rings. The number of ether oxygens (including phenoxy) is 1. The summed E-state index contributed by atoms with van der Waals surface area (Å²) in [5.74, 6) is -3.91. The number of morpholine rings is 1. The number of hydrogen-bond donors (Lipinski definition) is 0. The molecule has 0 bridgehead atoms. The fourth-order valence-electron chi connectivity index (χ4n) is 3.78. The van der Waals surface area contributed by atoms with Crippen molar-refractivity contribution in [1.82, 2.24) is 29.7 Å². The summed E-state index contributed by atoms with van der Waals surface area (Å²) in [6.07, 6.45) is 3.34. The van der Waals surface area contributed by atoms with Crippen molar-refractivity contribution in [3.63, 3.8) is 0 Å². The van der Waals surface area contributed by atoms with E-state index in [4.69, 9.17) is 4.74 Å². The van der Waals surface area contributed by atoms with Gasteiger partial charge in [-0.3, -0.25) is 4.68 Å². The maximum atomic E-state index is 14.7. The molecule has 1 aliphatic heterocycles. The Morgan fingerprint density at radius 2 is 1.79 bits per heavy atom. The van der Waals surface area contributed by atoms with Gasteiger partial charge in [0.15, 0.2) is 23.1 Å². The molecule has 0 aliphatic carbocycles. The van der Waals surface area contributed by atoms with Gasteiger partial charge < -0.3 is 9.64 Å². The lowest BCUT2D eigenvalue weighted by molar-refractivity contribution is 0.0392. The number of fused-ring (bicyclic) bond motifs is 1. The number of rotatable bonds is 3. The Hall–Kier alpha value is -3.60. The van der Waals surface area contributed by atoms with E-state index in [-0.39, 0.29) is 34.5 Å². The molecule has 0 unspecified atom stereocenters. The molecular weight excluding hydrogens is 435 g/mol. The molecule has 170 valence electrons. The Kier molecular flexibility index (Phi) is 5.20. The molecule has 0 N–H and O–H groups in total. The minimum Gasteiger partial charge on any atom is -0.370 e. The number of halogens is 3. The predicted molar refractivity (Wildman–Crippen MR) is 114 cm³/mol. The molecule has 1 aromatic carbocycles. The highest BCUT2D eigenvalue weighted by Crippen LogP contribution is 2.32. The molecule has 5 rings (SSSR count). The van der Waals surface area contributed by atoms with Crippen molar-refractivity contribution in [3.05, 3.63) is 58.9 Å². The van der Waals surface area contributed by atoms with Crippen molar-refractivity contribution in [2.24, 2.45) is 7.05 Å². The highest BCUT2D eigenvalue weighted by Gasteiger charge is 2.27. The van der Waals surface area contributed by atoms with Crippen molar-refractivity contribution < 1.29 is 17.9 Å². The lowest BCUT2D eigenvalue weighted by Crippen LogP contribution is -2.39. The highest BCUT2D eigenvalue weighted by molar-refractivity contribution is 5.88. The molecule has 1 atom stereocenters. The van der Waals surface area contributed by atoms with Crippen molar-refractivity contribution in [2.45, 2.75) is 20.0 Å². The molecule has 0 saturated carbocycles. The Bertz CT molecular complexity index is 1370. The molecule has 11 heteroatoms. The van der Waals surface area contributed by atoms with Crippen LogP contribution in [0.2, 0.25) is 0 Å². The maximum absolute atomic E-state index is 14.7.